The van der Waals surface area contributed by atoms with E-state index in [4.69, 9.17) is 4.98 Å². The van der Waals surface area contributed by atoms with Gasteiger partial charge in [-0.1, -0.05) is 64.8 Å². The number of aromatic carboxylic acids is 1. The number of nitrogens with one attached hydrogen (secondary N) is 3. The van der Waals surface area contributed by atoms with E-state index < -0.39 is 51.7 Å². The van der Waals surface area contributed by atoms with Crippen LogP contribution in [0.2, 0.25) is 0 Å². The number of carbonyl (C=O) groups is 2. The molecule has 0 unspecified atom stereocenters. The summed E-state index contributed by atoms with van der Waals surface area (Å²) in [6.07, 6.45) is 6.25. The van der Waals surface area contributed by atoms with Crippen molar-refractivity contribution in [1.29, 1.82) is 0 Å². The van der Waals surface area contributed by atoms with E-state index in [1.807, 2.05) is 13.0 Å². The summed E-state index contributed by atoms with van der Waals surface area (Å²) in [4.78, 5) is 74.2. The van der Waals surface area contributed by atoms with Crippen molar-refractivity contribution in [1.82, 2.24) is 44.2 Å². The Morgan fingerprint density at radius 3 is 1.41 bits per heavy atom. The minimum Gasteiger partial charge on any atom is -0.478 e. The van der Waals surface area contributed by atoms with E-state index in [2.05, 4.69) is 68.4 Å². The predicted octanol–water partition coefficient (Wildman–Crippen LogP) is 11.0. The highest BCUT2D eigenvalue weighted by Crippen LogP contribution is 2.34. The fourth-order valence-corrected chi connectivity index (χ4v) is 10.3. The highest BCUT2D eigenvalue weighted by molar-refractivity contribution is 5.99. The van der Waals surface area contributed by atoms with E-state index in [0.29, 0.717) is 64.4 Å². The van der Waals surface area contributed by atoms with Crippen LogP contribution >= 0.6 is 0 Å². The van der Waals surface area contributed by atoms with Crippen molar-refractivity contribution < 1.29 is 32.3 Å². The molecule has 9 rings (SSSR count). The van der Waals surface area contributed by atoms with Crippen molar-refractivity contribution in [2.45, 2.75) is 80.1 Å². The molecule has 4 N–H and O–H groups in total. The third kappa shape index (κ3) is 13.7. The van der Waals surface area contributed by atoms with Crippen molar-refractivity contribution in [3.8, 4) is 33.9 Å². The van der Waals surface area contributed by atoms with Gasteiger partial charge in [-0.2, -0.15) is 9.97 Å². The molecule has 1 aliphatic carbocycles. The molecule has 1 fully saturated rings. The Labute approximate surface area is 473 Å². The molecule has 20 heteroatoms. The molecule has 4 aromatic carbocycles. The van der Waals surface area contributed by atoms with Crippen molar-refractivity contribution in [3.05, 3.63) is 163 Å². The minimum absolute atomic E-state index is 0.00197. The molecule has 0 spiro atoms. The summed E-state index contributed by atoms with van der Waals surface area (Å²) in [5.41, 5.74) is 1.79. The van der Waals surface area contributed by atoms with Crippen LogP contribution in [0.15, 0.2) is 107 Å². The van der Waals surface area contributed by atoms with Crippen LogP contribution in [0.3, 0.4) is 0 Å². The lowest BCUT2D eigenvalue weighted by molar-refractivity contribution is 0.0696. The van der Waals surface area contributed by atoms with Gasteiger partial charge in [-0.3, -0.25) is 23.5 Å². The van der Waals surface area contributed by atoms with Crippen LogP contribution in [0, 0.1) is 43.0 Å². The normalized spacial score (nSPS) is 12.5. The standard InChI is InChI=1S/C34H40F2N6O2.C28H29F2N5O3/c1-4-41(5-2)19-9-18-37-34-39-30(26-20-24(15-14-22(26)3)33(44)38-21-23-10-6-7-11-23)25-16-17-29(43)42(32(25)40-34)31-27(35)12-8-13-28(31)36;1-4-34(5-2)15-7-14-31-28-32-24(20-16-18(27(37)38)11-10-17(20)3)19-12-13-23(36)35(26(19)33-28)25-21(29)8-6-9-22(25)30/h8,12-17,20,23H,4-7,9-11,18-19,21H2,1-3H3,(H,38,44)(H,37,39,40);6,8-13,16H,4-5,7,14-15H2,1-3H3,(H,37,38)(H,31,32,33). The number of para-hydroxylation sites is 2. The first-order valence-electron chi connectivity index (χ1n) is 28.0. The maximum atomic E-state index is 15.0. The smallest absolute Gasteiger partial charge is 0.335 e. The largest absolute Gasteiger partial charge is 0.478 e. The second kappa shape index (κ2) is 27.4. The number of rotatable bonds is 22. The Bertz CT molecular complexity index is 3690. The summed E-state index contributed by atoms with van der Waals surface area (Å²) < 4.78 is 61.6. The topological polar surface area (TPSA) is 192 Å². The summed E-state index contributed by atoms with van der Waals surface area (Å²) in [6, 6.07) is 22.4. The number of nitrogens with zero attached hydrogens (tertiary/aromatic N) is 8. The monoisotopic (exact) mass is 1120 g/mol. The minimum atomic E-state index is -1.11. The molecule has 0 bridgehead atoms. The van der Waals surface area contributed by atoms with Gasteiger partial charge in [-0.05, 0) is 157 Å². The van der Waals surface area contributed by atoms with Gasteiger partial charge < -0.3 is 30.9 Å². The van der Waals surface area contributed by atoms with E-state index in [-0.39, 0.29) is 34.7 Å². The molecule has 0 radical (unpaired) electrons. The zero-order chi connectivity index (χ0) is 58.6. The van der Waals surface area contributed by atoms with Crippen molar-refractivity contribution in [2.75, 3.05) is 69.5 Å². The first-order chi connectivity index (χ1) is 39.5. The van der Waals surface area contributed by atoms with Gasteiger partial charge in [0.2, 0.25) is 11.9 Å². The number of pyridine rings is 2. The molecular weight excluding hydrogens is 1050 g/mol. The van der Waals surface area contributed by atoms with Gasteiger partial charge in [0.1, 0.15) is 34.6 Å². The fourth-order valence-electron chi connectivity index (χ4n) is 10.3. The Balaban J connectivity index is 0.000000217. The number of carboxylic acids is 1. The Morgan fingerprint density at radius 1 is 0.585 bits per heavy atom. The SMILES string of the molecule is CCN(CC)CCCNc1nc(-c2cc(C(=O)NCC3CCCC3)ccc2C)c2ccc(=O)n(-c3c(F)cccc3F)c2n1.CCN(CC)CCCNc1nc(-c2cc(C(=O)O)ccc2C)c2ccc(=O)n(-c3c(F)cccc3F)c2n1. The van der Waals surface area contributed by atoms with Gasteiger partial charge in [0.15, 0.2) is 11.3 Å². The first kappa shape index (κ1) is 59.8. The van der Waals surface area contributed by atoms with Crippen molar-refractivity contribution in [3.63, 3.8) is 0 Å². The molecule has 0 aliphatic heterocycles. The summed E-state index contributed by atoms with van der Waals surface area (Å²) in [6.45, 7) is 19.3. The number of carbonyl (C=O) groups excluding carboxylic acids is 1. The summed E-state index contributed by atoms with van der Waals surface area (Å²) in [7, 11) is 0. The second-order valence-electron chi connectivity index (χ2n) is 20.3. The number of aromatic nitrogens is 6. The third-order valence-corrected chi connectivity index (χ3v) is 15.0. The third-order valence-electron chi connectivity index (χ3n) is 15.0. The molecule has 8 aromatic rings. The molecule has 1 amide bonds. The Kier molecular flexibility index (Phi) is 20.0. The predicted molar refractivity (Wildman–Crippen MR) is 313 cm³/mol. The van der Waals surface area contributed by atoms with Gasteiger partial charge >= 0.3 is 5.97 Å². The Morgan fingerprint density at radius 2 is 1.00 bits per heavy atom. The number of fused-ring (bicyclic) bond motifs is 2. The molecule has 430 valence electrons. The molecular formula is C62H69F4N11O5. The van der Waals surface area contributed by atoms with Gasteiger partial charge in [-0.15, -0.1) is 0 Å². The van der Waals surface area contributed by atoms with E-state index >= 15 is 8.78 Å². The van der Waals surface area contributed by atoms with Crippen LogP contribution in [-0.4, -0.2) is 115 Å². The van der Waals surface area contributed by atoms with Crippen molar-refractivity contribution >= 4 is 45.8 Å². The maximum absolute atomic E-state index is 15.0. The highest BCUT2D eigenvalue weighted by atomic mass is 19.1. The Hall–Kier alpha value is -8.36. The lowest BCUT2D eigenvalue weighted by atomic mass is 9.99. The number of benzene rings is 4. The zero-order valence-electron chi connectivity index (χ0n) is 47.1. The van der Waals surface area contributed by atoms with E-state index in [0.717, 1.165) is 109 Å². The number of hydrogen-bond donors (Lipinski definition) is 4. The molecule has 1 aliphatic rings. The number of carboxylic acid groups (broad SMARTS) is 1. The van der Waals surface area contributed by atoms with Gasteiger partial charge in [0.25, 0.3) is 17.0 Å². The van der Waals surface area contributed by atoms with Gasteiger partial charge in [0, 0.05) is 59.2 Å². The molecule has 4 heterocycles. The molecule has 16 nitrogen and oxygen atoms in total. The van der Waals surface area contributed by atoms with Crippen molar-refractivity contribution in [2.24, 2.45) is 5.92 Å². The van der Waals surface area contributed by atoms with Gasteiger partial charge in [-0.25, -0.2) is 32.3 Å². The molecule has 1 saturated carbocycles. The molecule has 82 heavy (non-hydrogen) atoms. The number of halogens is 4. The number of anilines is 2. The summed E-state index contributed by atoms with van der Waals surface area (Å²) in [5, 5.41) is 19.8. The lowest BCUT2D eigenvalue weighted by Crippen LogP contribution is -2.28. The van der Waals surface area contributed by atoms with Crippen LogP contribution in [0.25, 0.3) is 56.0 Å². The molecule has 4 aromatic heterocycles. The van der Waals surface area contributed by atoms with Crippen LogP contribution in [0.4, 0.5) is 29.5 Å². The summed E-state index contributed by atoms with van der Waals surface area (Å²) in [5.74, 6) is -4.00. The van der Waals surface area contributed by atoms with E-state index in [1.165, 1.54) is 55.3 Å². The van der Waals surface area contributed by atoms with Gasteiger partial charge in [0.05, 0.1) is 17.0 Å². The molecule has 0 atom stereocenters. The highest BCUT2D eigenvalue weighted by Gasteiger charge is 2.24. The van der Waals surface area contributed by atoms with Crippen LogP contribution < -0.4 is 27.1 Å². The summed E-state index contributed by atoms with van der Waals surface area (Å²) >= 11 is 0. The van der Waals surface area contributed by atoms with Crippen LogP contribution in [0.1, 0.15) is 98.1 Å². The average Bonchev–Trinajstić information content (AvgIpc) is 3.69. The fraction of sp³-hybridized carbons (Fsp3) is 0.355. The first-order valence-corrected chi connectivity index (χ1v) is 28.0. The number of amides is 1. The van der Waals surface area contributed by atoms with E-state index in [9.17, 15) is 33.1 Å². The maximum Gasteiger partial charge on any atom is 0.335 e. The van der Waals surface area contributed by atoms with Crippen LogP contribution in [0.5, 0.6) is 0 Å². The second-order valence-corrected chi connectivity index (χ2v) is 20.3. The quantitative estimate of drug-likeness (QED) is 0.0370. The van der Waals surface area contributed by atoms with Crippen LogP contribution in [-0.2, 0) is 0 Å². The van der Waals surface area contributed by atoms with E-state index in [1.54, 1.807) is 31.2 Å². The average molecular weight is 1120 g/mol. The number of hydrogen-bond acceptors (Lipinski definition) is 12. The number of aryl methyl sites for hydroxylation is 2. The lowest BCUT2D eigenvalue weighted by Gasteiger charge is -2.18. The molecule has 0 saturated heterocycles. The zero-order valence-corrected chi connectivity index (χ0v) is 47.1.